The third kappa shape index (κ3) is 3.59. The minimum absolute atomic E-state index is 0.0128. The highest BCUT2D eigenvalue weighted by Gasteiger charge is 2.19. The quantitative estimate of drug-likeness (QED) is 0.569. The van der Waals surface area contributed by atoms with Crippen LogP contribution in [0.2, 0.25) is 0 Å². The van der Waals surface area contributed by atoms with Gasteiger partial charge in [-0.05, 0) is 19.9 Å². The van der Waals surface area contributed by atoms with E-state index in [2.05, 4.69) is 10.6 Å². The second-order valence-corrected chi connectivity index (χ2v) is 5.05. The molecule has 1 heterocycles. The number of nitrogens with one attached hydrogen (secondary N) is 2. The average Bonchev–Trinajstić information content (AvgIpc) is 2.82. The Morgan fingerprint density at radius 2 is 2.12 bits per heavy atom. The van der Waals surface area contributed by atoms with Gasteiger partial charge in [0.15, 0.2) is 5.58 Å². The number of fused-ring (bicyclic) bond motifs is 1. The highest BCUT2D eigenvalue weighted by molar-refractivity contribution is 5.87. The lowest BCUT2D eigenvalue weighted by Gasteiger charge is -2.13. The molecule has 0 radical (unpaired) electrons. The fraction of sp³-hybridized carbons (Fsp3) is 0.357. The zero-order valence-electron chi connectivity index (χ0n) is 13.1. The molecule has 0 fully saturated rings. The lowest BCUT2D eigenvalue weighted by Crippen LogP contribution is -2.46. The van der Waals surface area contributed by atoms with E-state index >= 15 is 0 Å². The highest BCUT2D eigenvalue weighted by atomic mass is 16.6. The summed E-state index contributed by atoms with van der Waals surface area (Å²) in [7, 11) is 0. The monoisotopic (exact) mass is 336 g/mol. The van der Waals surface area contributed by atoms with E-state index in [4.69, 9.17) is 4.42 Å². The summed E-state index contributed by atoms with van der Waals surface area (Å²) in [6, 6.07) is 2.90. The van der Waals surface area contributed by atoms with Crippen LogP contribution >= 0.6 is 0 Å². The van der Waals surface area contributed by atoms with Gasteiger partial charge in [-0.1, -0.05) is 0 Å². The van der Waals surface area contributed by atoms with Gasteiger partial charge >= 0.3 is 5.76 Å². The van der Waals surface area contributed by atoms with Crippen molar-refractivity contribution >= 4 is 28.6 Å². The van der Waals surface area contributed by atoms with Gasteiger partial charge in [-0.3, -0.25) is 24.3 Å². The molecule has 2 N–H and O–H groups in total. The van der Waals surface area contributed by atoms with Crippen molar-refractivity contribution in [2.24, 2.45) is 0 Å². The van der Waals surface area contributed by atoms with Crippen LogP contribution in [0.4, 0.5) is 5.69 Å². The van der Waals surface area contributed by atoms with Gasteiger partial charge in [0.2, 0.25) is 11.8 Å². The molecule has 2 aromatic rings. The standard InChI is InChI=1S/C14H16N4O6/c1-3-15-13(20)8(2)16-12(19)7-17-10-5-4-9(18(22)23)6-11(10)24-14(17)21/h4-6,8H,3,7H2,1-2H3,(H,15,20)(H,16,19)/t8-/m0/s1. The van der Waals surface area contributed by atoms with Crippen molar-refractivity contribution in [3.8, 4) is 0 Å². The van der Waals surface area contributed by atoms with Crippen LogP contribution in [0.25, 0.3) is 11.1 Å². The third-order valence-electron chi connectivity index (χ3n) is 3.29. The first-order valence-electron chi connectivity index (χ1n) is 7.18. The number of nitro groups is 1. The van der Waals surface area contributed by atoms with Gasteiger partial charge in [0, 0.05) is 12.6 Å². The molecular weight excluding hydrogens is 320 g/mol. The van der Waals surface area contributed by atoms with E-state index in [1.165, 1.54) is 19.1 Å². The minimum Gasteiger partial charge on any atom is -0.407 e. The molecule has 0 aliphatic rings. The Kier molecular flexibility index (Phi) is 4.97. The largest absolute Gasteiger partial charge is 0.420 e. The van der Waals surface area contributed by atoms with Crippen LogP contribution in [0.15, 0.2) is 27.4 Å². The van der Waals surface area contributed by atoms with Gasteiger partial charge in [0.1, 0.15) is 12.6 Å². The molecule has 0 unspecified atom stereocenters. The molecule has 2 rings (SSSR count). The fourth-order valence-electron chi connectivity index (χ4n) is 2.14. The smallest absolute Gasteiger partial charge is 0.407 e. The summed E-state index contributed by atoms with van der Waals surface area (Å²) in [5.41, 5.74) is 0.0443. The lowest BCUT2D eigenvalue weighted by atomic mass is 10.3. The molecule has 0 aliphatic heterocycles. The average molecular weight is 336 g/mol. The topological polar surface area (TPSA) is 136 Å². The minimum atomic E-state index is -0.814. The number of rotatable bonds is 6. The maximum atomic E-state index is 12.0. The Labute approximate surface area is 135 Å². The molecule has 1 atom stereocenters. The predicted molar refractivity (Wildman–Crippen MR) is 83.4 cm³/mol. The number of benzene rings is 1. The number of likely N-dealkylation sites (N-methyl/N-ethyl adjacent to an activating group) is 1. The van der Waals surface area contributed by atoms with Gasteiger partial charge < -0.3 is 15.1 Å². The van der Waals surface area contributed by atoms with Gasteiger partial charge in [-0.15, -0.1) is 0 Å². The summed E-state index contributed by atoms with van der Waals surface area (Å²) < 4.78 is 5.97. The molecular formula is C14H16N4O6. The number of nitro benzene ring substituents is 1. The Morgan fingerprint density at radius 3 is 2.75 bits per heavy atom. The van der Waals surface area contributed by atoms with Crippen LogP contribution in [0.1, 0.15) is 13.8 Å². The van der Waals surface area contributed by atoms with Crippen molar-refractivity contribution in [3.05, 3.63) is 38.9 Å². The van der Waals surface area contributed by atoms with Crippen LogP contribution in [-0.4, -0.2) is 33.9 Å². The molecule has 0 saturated carbocycles. The second kappa shape index (κ2) is 6.94. The van der Waals surface area contributed by atoms with Crippen LogP contribution < -0.4 is 16.4 Å². The lowest BCUT2D eigenvalue weighted by molar-refractivity contribution is -0.384. The zero-order chi connectivity index (χ0) is 17.9. The van der Waals surface area contributed by atoms with Crippen molar-refractivity contribution in [2.75, 3.05) is 6.54 Å². The number of oxazole rings is 1. The van der Waals surface area contributed by atoms with E-state index in [1.54, 1.807) is 6.92 Å². The normalized spacial score (nSPS) is 11.9. The molecule has 0 aliphatic carbocycles. The van der Waals surface area contributed by atoms with E-state index in [0.717, 1.165) is 10.6 Å². The molecule has 2 amide bonds. The number of nitrogens with zero attached hydrogens (tertiary/aromatic N) is 2. The number of amides is 2. The van der Waals surface area contributed by atoms with Crippen LogP contribution in [-0.2, 0) is 16.1 Å². The number of hydrogen-bond donors (Lipinski definition) is 2. The van der Waals surface area contributed by atoms with E-state index in [9.17, 15) is 24.5 Å². The molecule has 10 heteroatoms. The van der Waals surface area contributed by atoms with Crippen LogP contribution in [0.5, 0.6) is 0 Å². The maximum absolute atomic E-state index is 12.0. The van der Waals surface area contributed by atoms with Crippen molar-refractivity contribution < 1.29 is 18.9 Å². The van der Waals surface area contributed by atoms with Gasteiger partial charge in [0.05, 0.1) is 16.5 Å². The number of hydrogen-bond acceptors (Lipinski definition) is 6. The number of carbonyl (C=O) groups excluding carboxylic acids is 2. The van der Waals surface area contributed by atoms with Crippen molar-refractivity contribution in [1.29, 1.82) is 0 Å². The summed E-state index contributed by atoms with van der Waals surface area (Å²) in [5, 5.41) is 15.8. The van der Waals surface area contributed by atoms with Gasteiger partial charge in [-0.25, -0.2) is 4.79 Å². The fourth-order valence-corrected chi connectivity index (χ4v) is 2.14. The zero-order valence-corrected chi connectivity index (χ0v) is 13.1. The molecule has 0 bridgehead atoms. The molecule has 1 aromatic carbocycles. The van der Waals surface area contributed by atoms with Crippen LogP contribution in [0, 0.1) is 10.1 Å². The molecule has 24 heavy (non-hydrogen) atoms. The highest BCUT2D eigenvalue weighted by Crippen LogP contribution is 2.19. The first kappa shape index (κ1) is 17.2. The summed E-state index contributed by atoms with van der Waals surface area (Å²) in [5.74, 6) is -1.71. The number of carbonyl (C=O) groups is 2. The summed E-state index contributed by atoms with van der Waals surface area (Å²) in [6.45, 7) is 3.34. The first-order valence-corrected chi connectivity index (χ1v) is 7.18. The van der Waals surface area contributed by atoms with E-state index < -0.39 is 22.6 Å². The van der Waals surface area contributed by atoms with E-state index in [1.807, 2.05) is 0 Å². The Balaban J connectivity index is 2.19. The third-order valence-corrected chi connectivity index (χ3v) is 3.29. The Bertz CT molecular complexity index is 853. The van der Waals surface area contributed by atoms with E-state index in [-0.39, 0.29) is 29.2 Å². The van der Waals surface area contributed by atoms with Gasteiger partial charge in [0.25, 0.3) is 5.69 Å². The molecule has 128 valence electrons. The molecule has 0 spiro atoms. The Hall–Kier alpha value is -3.17. The molecule has 0 saturated heterocycles. The Morgan fingerprint density at radius 1 is 1.42 bits per heavy atom. The predicted octanol–water partition coefficient (Wildman–Crippen LogP) is 0.144. The van der Waals surface area contributed by atoms with Crippen molar-refractivity contribution in [3.63, 3.8) is 0 Å². The van der Waals surface area contributed by atoms with Gasteiger partial charge in [-0.2, -0.15) is 0 Å². The second-order valence-electron chi connectivity index (χ2n) is 5.05. The summed E-state index contributed by atoms with van der Waals surface area (Å²) in [6.07, 6.45) is 0. The maximum Gasteiger partial charge on any atom is 0.420 e. The molecule has 1 aromatic heterocycles. The molecule has 10 nitrogen and oxygen atoms in total. The van der Waals surface area contributed by atoms with E-state index in [0.29, 0.717) is 6.54 Å². The number of aromatic nitrogens is 1. The van der Waals surface area contributed by atoms with Crippen molar-refractivity contribution in [1.82, 2.24) is 15.2 Å². The summed E-state index contributed by atoms with van der Waals surface area (Å²) in [4.78, 5) is 45.5. The van der Waals surface area contributed by atoms with Crippen molar-refractivity contribution in [2.45, 2.75) is 26.4 Å². The van der Waals surface area contributed by atoms with Crippen LogP contribution in [0.3, 0.4) is 0 Å². The first-order chi connectivity index (χ1) is 11.3. The number of non-ortho nitro benzene ring substituents is 1. The summed E-state index contributed by atoms with van der Waals surface area (Å²) >= 11 is 0. The SMILES string of the molecule is CCNC(=O)[C@H](C)NC(=O)Cn1c(=O)oc2cc([N+](=O)[O-])ccc21.